The van der Waals surface area contributed by atoms with Gasteiger partial charge in [0.25, 0.3) is 0 Å². The molecule has 2 aromatic rings. The van der Waals surface area contributed by atoms with E-state index in [1.54, 1.807) is 12.1 Å². The van der Waals surface area contributed by atoms with E-state index in [4.69, 9.17) is 5.73 Å². The summed E-state index contributed by atoms with van der Waals surface area (Å²) in [5.41, 5.74) is 8.63. The van der Waals surface area contributed by atoms with Crippen LogP contribution in [0.15, 0.2) is 24.3 Å². The van der Waals surface area contributed by atoms with E-state index in [1.165, 1.54) is 0 Å². The third kappa shape index (κ3) is 2.04. The lowest BCUT2D eigenvalue weighted by molar-refractivity contribution is 0.475. The van der Waals surface area contributed by atoms with E-state index in [2.05, 4.69) is 5.10 Å². The van der Waals surface area contributed by atoms with Gasteiger partial charge in [-0.1, -0.05) is 6.07 Å². The van der Waals surface area contributed by atoms with Crippen LogP contribution < -0.4 is 10.6 Å². The normalized spacial score (nSPS) is 10.7. The lowest BCUT2D eigenvalue weighted by Gasteiger charge is -2.21. The molecule has 0 aliphatic carbocycles. The summed E-state index contributed by atoms with van der Waals surface area (Å²) in [7, 11) is 3.82. The van der Waals surface area contributed by atoms with Crippen LogP contribution in [0, 0.1) is 6.92 Å². The van der Waals surface area contributed by atoms with Gasteiger partial charge in [-0.25, -0.2) is 0 Å². The van der Waals surface area contributed by atoms with Crippen molar-refractivity contribution in [1.82, 2.24) is 9.78 Å². The predicted octanol–water partition coefficient (Wildman–Crippen LogP) is 1.66. The molecule has 0 spiro atoms. The lowest BCUT2D eigenvalue weighted by Crippen LogP contribution is -2.16. The highest BCUT2D eigenvalue weighted by molar-refractivity contribution is 5.64. The van der Waals surface area contributed by atoms with Gasteiger partial charge in [-0.3, -0.25) is 4.68 Å². The molecule has 0 saturated carbocycles. The number of phenolic OH excluding ortho intramolecular Hbond substituents is 1. The summed E-state index contributed by atoms with van der Waals surface area (Å²) in [6, 6.07) is 7.10. The first-order valence-corrected chi connectivity index (χ1v) is 5.80. The first-order valence-electron chi connectivity index (χ1n) is 5.80. The van der Waals surface area contributed by atoms with Gasteiger partial charge in [0.1, 0.15) is 11.6 Å². The predicted molar refractivity (Wildman–Crippen MR) is 72.0 cm³/mol. The topological polar surface area (TPSA) is 67.3 Å². The largest absolute Gasteiger partial charge is 0.508 e. The molecule has 0 fully saturated rings. The van der Waals surface area contributed by atoms with Crippen LogP contribution in [-0.2, 0) is 13.6 Å². The molecule has 96 valence electrons. The maximum Gasteiger partial charge on any atom is 0.135 e. The molecule has 2 rings (SSSR count). The van der Waals surface area contributed by atoms with Gasteiger partial charge in [-0.2, -0.15) is 5.10 Å². The first-order chi connectivity index (χ1) is 8.54. The number of rotatable bonds is 3. The molecule has 5 heteroatoms. The van der Waals surface area contributed by atoms with E-state index >= 15 is 0 Å². The van der Waals surface area contributed by atoms with Gasteiger partial charge in [0.15, 0.2) is 0 Å². The maximum atomic E-state index is 9.54. The highest BCUT2D eigenvalue weighted by Crippen LogP contribution is 2.29. The number of nitrogens with two attached hydrogens (primary N) is 1. The van der Waals surface area contributed by atoms with Crippen LogP contribution in [0.4, 0.5) is 11.5 Å². The summed E-state index contributed by atoms with van der Waals surface area (Å²) >= 11 is 0. The number of aryl methyl sites for hydroxylation is 2. The lowest BCUT2D eigenvalue weighted by atomic mass is 10.2. The maximum absolute atomic E-state index is 9.54. The zero-order chi connectivity index (χ0) is 13.3. The van der Waals surface area contributed by atoms with Gasteiger partial charge in [0, 0.05) is 38.0 Å². The Morgan fingerprint density at radius 1 is 1.44 bits per heavy atom. The Morgan fingerprint density at radius 2 is 2.17 bits per heavy atom. The molecule has 18 heavy (non-hydrogen) atoms. The highest BCUT2D eigenvalue weighted by atomic mass is 16.3. The van der Waals surface area contributed by atoms with E-state index in [9.17, 15) is 5.11 Å². The zero-order valence-electron chi connectivity index (χ0n) is 10.9. The van der Waals surface area contributed by atoms with E-state index in [0.717, 1.165) is 22.8 Å². The molecule has 1 aromatic carbocycles. The molecule has 0 amide bonds. The standard InChI is InChI=1S/C13H18N4O/c1-9-12(8-14)13(17(3)15-9)16(2)10-5-4-6-11(18)7-10/h4-7,18H,8,14H2,1-3H3. The molecule has 0 bridgehead atoms. The van der Waals surface area contributed by atoms with Gasteiger partial charge in [0.2, 0.25) is 0 Å². The van der Waals surface area contributed by atoms with Gasteiger partial charge >= 0.3 is 0 Å². The minimum absolute atomic E-state index is 0.243. The third-order valence-corrected chi connectivity index (χ3v) is 3.05. The van der Waals surface area contributed by atoms with Crippen molar-refractivity contribution in [2.75, 3.05) is 11.9 Å². The van der Waals surface area contributed by atoms with Crippen molar-refractivity contribution in [3.63, 3.8) is 0 Å². The molecule has 0 unspecified atom stereocenters. The molecule has 0 saturated heterocycles. The number of benzene rings is 1. The molecule has 1 aromatic heterocycles. The number of hydrogen-bond acceptors (Lipinski definition) is 4. The number of aromatic nitrogens is 2. The number of phenols is 1. The van der Waals surface area contributed by atoms with E-state index in [-0.39, 0.29) is 5.75 Å². The summed E-state index contributed by atoms with van der Waals surface area (Å²) in [6.07, 6.45) is 0. The van der Waals surface area contributed by atoms with E-state index in [0.29, 0.717) is 6.54 Å². The number of aromatic hydroxyl groups is 1. The highest BCUT2D eigenvalue weighted by Gasteiger charge is 2.16. The van der Waals surface area contributed by atoms with Gasteiger partial charge in [-0.05, 0) is 19.1 Å². The molecule has 3 N–H and O–H groups in total. The summed E-state index contributed by atoms with van der Waals surface area (Å²) in [6.45, 7) is 2.39. The van der Waals surface area contributed by atoms with Gasteiger partial charge < -0.3 is 15.7 Å². The van der Waals surface area contributed by atoms with Crippen molar-refractivity contribution in [3.8, 4) is 5.75 Å². The van der Waals surface area contributed by atoms with Crippen LogP contribution in [0.1, 0.15) is 11.3 Å². The average molecular weight is 246 g/mol. The Kier molecular flexibility index (Phi) is 3.25. The number of nitrogens with zero attached hydrogens (tertiary/aromatic N) is 3. The second kappa shape index (κ2) is 4.70. The van der Waals surface area contributed by atoms with Crippen molar-refractivity contribution in [2.45, 2.75) is 13.5 Å². The Hall–Kier alpha value is -2.01. The zero-order valence-corrected chi connectivity index (χ0v) is 10.9. The van der Waals surface area contributed by atoms with Crippen LogP contribution in [0.25, 0.3) is 0 Å². The van der Waals surface area contributed by atoms with E-state index < -0.39 is 0 Å². The van der Waals surface area contributed by atoms with Crippen LogP contribution in [0.2, 0.25) is 0 Å². The van der Waals surface area contributed by atoms with Crippen molar-refractivity contribution in [2.24, 2.45) is 12.8 Å². The Balaban J connectivity index is 2.48. The minimum Gasteiger partial charge on any atom is -0.508 e. The molecule has 1 heterocycles. The Morgan fingerprint density at radius 3 is 2.78 bits per heavy atom. The Labute approximate surface area is 106 Å². The summed E-state index contributed by atoms with van der Waals surface area (Å²) in [5.74, 6) is 1.19. The second-order valence-corrected chi connectivity index (χ2v) is 4.29. The fourth-order valence-electron chi connectivity index (χ4n) is 2.17. The number of anilines is 2. The van der Waals surface area contributed by atoms with Crippen molar-refractivity contribution in [1.29, 1.82) is 0 Å². The summed E-state index contributed by atoms with van der Waals surface area (Å²) in [4.78, 5) is 1.97. The number of hydrogen-bond donors (Lipinski definition) is 2. The molecule has 0 radical (unpaired) electrons. The molecular formula is C13H18N4O. The third-order valence-electron chi connectivity index (χ3n) is 3.05. The van der Waals surface area contributed by atoms with Crippen LogP contribution in [0.5, 0.6) is 5.75 Å². The molecule has 0 aliphatic heterocycles. The molecular weight excluding hydrogens is 228 g/mol. The molecule has 0 aliphatic rings. The smallest absolute Gasteiger partial charge is 0.135 e. The summed E-state index contributed by atoms with van der Waals surface area (Å²) in [5, 5.41) is 13.9. The van der Waals surface area contributed by atoms with E-state index in [1.807, 2.05) is 42.7 Å². The minimum atomic E-state index is 0.243. The average Bonchev–Trinajstić information content (AvgIpc) is 2.62. The van der Waals surface area contributed by atoms with Crippen LogP contribution >= 0.6 is 0 Å². The fraction of sp³-hybridized carbons (Fsp3) is 0.308. The monoisotopic (exact) mass is 246 g/mol. The van der Waals surface area contributed by atoms with Gasteiger partial charge in [-0.15, -0.1) is 0 Å². The van der Waals surface area contributed by atoms with Crippen LogP contribution in [0.3, 0.4) is 0 Å². The van der Waals surface area contributed by atoms with Crippen molar-refractivity contribution >= 4 is 11.5 Å². The fourth-order valence-corrected chi connectivity index (χ4v) is 2.17. The molecule has 0 atom stereocenters. The Bertz CT molecular complexity index is 562. The van der Waals surface area contributed by atoms with Gasteiger partial charge in [0.05, 0.1) is 5.69 Å². The summed E-state index contributed by atoms with van der Waals surface area (Å²) < 4.78 is 1.81. The second-order valence-electron chi connectivity index (χ2n) is 4.29. The quantitative estimate of drug-likeness (QED) is 0.864. The van der Waals surface area contributed by atoms with Crippen molar-refractivity contribution < 1.29 is 5.11 Å². The SMILES string of the molecule is Cc1nn(C)c(N(C)c2cccc(O)c2)c1CN. The first kappa shape index (κ1) is 12.4. The van der Waals surface area contributed by atoms with Crippen molar-refractivity contribution in [3.05, 3.63) is 35.5 Å². The van der Waals surface area contributed by atoms with Crippen LogP contribution in [-0.4, -0.2) is 21.9 Å². The molecule has 5 nitrogen and oxygen atoms in total.